The van der Waals surface area contributed by atoms with E-state index in [0.717, 1.165) is 0 Å². The largest absolute Gasteiger partial charge is 0.433 e. The summed E-state index contributed by atoms with van der Waals surface area (Å²) in [5, 5.41) is 5.10. The highest BCUT2D eigenvalue weighted by atomic mass is 19.3. The van der Waals surface area contributed by atoms with Crippen LogP contribution in [0.3, 0.4) is 0 Å². The van der Waals surface area contributed by atoms with Crippen molar-refractivity contribution in [1.82, 2.24) is 5.32 Å². The molecule has 0 aliphatic rings. The number of benzene rings is 1. The predicted octanol–water partition coefficient (Wildman–Crippen LogP) is 3.47. The maximum Gasteiger partial charge on any atom is 0.387 e. The highest BCUT2D eigenvalue weighted by molar-refractivity contribution is 5.90. The van der Waals surface area contributed by atoms with Crippen LogP contribution in [-0.2, 0) is 4.74 Å². The fourth-order valence-electron chi connectivity index (χ4n) is 1.63. The van der Waals surface area contributed by atoms with Crippen LogP contribution in [0.15, 0.2) is 24.3 Å². The molecule has 1 rings (SSSR count). The van der Waals surface area contributed by atoms with Gasteiger partial charge < -0.3 is 20.1 Å². The van der Waals surface area contributed by atoms with E-state index in [1.807, 2.05) is 0 Å². The highest BCUT2D eigenvalue weighted by Crippen LogP contribution is 2.25. The number of carbonyl (C=O) groups excluding carboxylic acids is 1. The van der Waals surface area contributed by atoms with E-state index in [-0.39, 0.29) is 11.4 Å². The summed E-state index contributed by atoms with van der Waals surface area (Å²) in [5.74, 6) is 0.399. The first-order valence-corrected chi connectivity index (χ1v) is 7.15. The van der Waals surface area contributed by atoms with Gasteiger partial charge in [-0.2, -0.15) is 8.78 Å². The van der Waals surface area contributed by atoms with Crippen LogP contribution in [0.1, 0.15) is 20.3 Å². The number of rotatable bonds is 9. The zero-order valence-corrected chi connectivity index (χ0v) is 12.8. The fraction of sp³-hybridized carbons (Fsp3) is 0.533. The second-order valence-corrected chi connectivity index (χ2v) is 5.08. The molecule has 0 unspecified atom stereocenters. The number of para-hydroxylation sites is 2. The Morgan fingerprint density at radius 2 is 2.00 bits per heavy atom. The minimum atomic E-state index is -2.94. The molecule has 0 aliphatic heterocycles. The van der Waals surface area contributed by atoms with Crippen LogP contribution in [0.5, 0.6) is 5.75 Å². The molecule has 0 radical (unpaired) electrons. The smallest absolute Gasteiger partial charge is 0.387 e. The molecule has 0 saturated carbocycles. The van der Waals surface area contributed by atoms with Crippen LogP contribution in [0.25, 0.3) is 0 Å². The molecule has 5 nitrogen and oxygen atoms in total. The Hall–Kier alpha value is -1.89. The van der Waals surface area contributed by atoms with Gasteiger partial charge in [0.15, 0.2) is 0 Å². The molecule has 0 heterocycles. The van der Waals surface area contributed by atoms with Crippen molar-refractivity contribution in [2.24, 2.45) is 5.92 Å². The van der Waals surface area contributed by atoms with Crippen LogP contribution in [0.4, 0.5) is 19.3 Å². The van der Waals surface area contributed by atoms with E-state index in [0.29, 0.717) is 32.1 Å². The number of halogens is 2. The highest BCUT2D eigenvalue weighted by Gasteiger charge is 2.11. The number of nitrogens with one attached hydrogen (secondary N) is 2. The van der Waals surface area contributed by atoms with Gasteiger partial charge in [-0.3, -0.25) is 0 Å². The molecule has 0 atom stereocenters. The third-order valence-electron chi connectivity index (χ3n) is 2.55. The number of alkyl halides is 2. The third-order valence-corrected chi connectivity index (χ3v) is 2.55. The predicted molar refractivity (Wildman–Crippen MR) is 80.4 cm³/mol. The average Bonchev–Trinajstić information content (AvgIpc) is 2.44. The standard InChI is InChI=1S/C15H22F2N2O3/c1-11(2)10-21-9-5-8-18-15(20)19-12-6-3-4-7-13(12)22-14(16)17/h3-4,6-7,11,14H,5,8-10H2,1-2H3,(H2,18,19,20). The van der Waals surface area contributed by atoms with Gasteiger partial charge in [0.1, 0.15) is 5.75 Å². The summed E-state index contributed by atoms with van der Waals surface area (Å²) >= 11 is 0. The molecule has 2 amide bonds. The Morgan fingerprint density at radius 1 is 1.27 bits per heavy atom. The summed E-state index contributed by atoms with van der Waals surface area (Å²) in [4.78, 5) is 11.7. The maximum atomic E-state index is 12.3. The van der Waals surface area contributed by atoms with Crippen molar-refractivity contribution in [3.8, 4) is 5.75 Å². The number of anilines is 1. The van der Waals surface area contributed by atoms with E-state index in [9.17, 15) is 13.6 Å². The molecule has 7 heteroatoms. The van der Waals surface area contributed by atoms with Crippen molar-refractivity contribution in [1.29, 1.82) is 0 Å². The van der Waals surface area contributed by atoms with Crippen molar-refractivity contribution >= 4 is 11.7 Å². The van der Waals surface area contributed by atoms with Crippen LogP contribution >= 0.6 is 0 Å². The van der Waals surface area contributed by atoms with Gasteiger partial charge in [0, 0.05) is 19.8 Å². The lowest BCUT2D eigenvalue weighted by Gasteiger charge is -2.12. The van der Waals surface area contributed by atoms with Crippen LogP contribution in [0, 0.1) is 5.92 Å². The monoisotopic (exact) mass is 316 g/mol. The molecular formula is C15H22F2N2O3. The lowest BCUT2D eigenvalue weighted by atomic mass is 10.2. The molecular weight excluding hydrogens is 294 g/mol. The lowest BCUT2D eigenvalue weighted by molar-refractivity contribution is -0.0493. The van der Waals surface area contributed by atoms with Gasteiger partial charge in [0.2, 0.25) is 0 Å². The van der Waals surface area contributed by atoms with Crippen molar-refractivity contribution < 1.29 is 23.0 Å². The summed E-state index contributed by atoms with van der Waals surface area (Å²) in [6.45, 7) is 2.86. The molecule has 0 saturated heterocycles. The number of ether oxygens (including phenoxy) is 2. The maximum absolute atomic E-state index is 12.3. The molecule has 2 N–H and O–H groups in total. The minimum Gasteiger partial charge on any atom is -0.433 e. The fourth-order valence-corrected chi connectivity index (χ4v) is 1.63. The zero-order valence-electron chi connectivity index (χ0n) is 12.8. The molecule has 124 valence electrons. The molecule has 1 aromatic carbocycles. The quantitative estimate of drug-likeness (QED) is 0.686. The third kappa shape index (κ3) is 7.78. The number of amides is 2. The number of urea groups is 1. The Bertz CT molecular complexity index is 456. The summed E-state index contributed by atoms with van der Waals surface area (Å²) in [5.41, 5.74) is 0.191. The van der Waals surface area contributed by atoms with Crippen molar-refractivity contribution in [2.45, 2.75) is 26.9 Å². The second-order valence-electron chi connectivity index (χ2n) is 5.08. The van der Waals surface area contributed by atoms with E-state index in [4.69, 9.17) is 4.74 Å². The van der Waals surface area contributed by atoms with Crippen molar-refractivity contribution in [3.63, 3.8) is 0 Å². The molecule has 22 heavy (non-hydrogen) atoms. The van der Waals surface area contributed by atoms with Gasteiger partial charge >= 0.3 is 12.6 Å². The zero-order chi connectivity index (χ0) is 16.4. The molecule has 0 bridgehead atoms. The van der Waals surface area contributed by atoms with Gasteiger partial charge in [-0.05, 0) is 24.5 Å². The molecule has 1 aromatic rings. The van der Waals surface area contributed by atoms with E-state index in [2.05, 4.69) is 29.2 Å². The summed E-state index contributed by atoms with van der Waals surface area (Å²) in [6.07, 6.45) is 0.676. The van der Waals surface area contributed by atoms with Gasteiger partial charge in [-0.15, -0.1) is 0 Å². The minimum absolute atomic E-state index is 0.0760. The van der Waals surface area contributed by atoms with Crippen molar-refractivity contribution in [2.75, 3.05) is 25.1 Å². The normalized spacial score (nSPS) is 10.8. The van der Waals surface area contributed by atoms with E-state index in [1.165, 1.54) is 12.1 Å². The first kappa shape index (κ1) is 18.2. The Kier molecular flexibility index (Phi) is 8.21. The number of hydrogen-bond acceptors (Lipinski definition) is 3. The number of hydrogen-bond donors (Lipinski definition) is 2. The lowest BCUT2D eigenvalue weighted by Crippen LogP contribution is -2.30. The summed E-state index contributed by atoms with van der Waals surface area (Å²) < 4.78 is 34.2. The van der Waals surface area contributed by atoms with Gasteiger partial charge in [-0.1, -0.05) is 26.0 Å². The summed E-state index contributed by atoms with van der Waals surface area (Å²) in [7, 11) is 0. The van der Waals surface area contributed by atoms with E-state index in [1.54, 1.807) is 12.1 Å². The van der Waals surface area contributed by atoms with E-state index >= 15 is 0 Å². The summed E-state index contributed by atoms with van der Waals surface area (Å²) in [6, 6.07) is 5.54. The van der Waals surface area contributed by atoms with Gasteiger partial charge in [-0.25, -0.2) is 4.79 Å². The van der Waals surface area contributed by atoms with E-state index < -0.39 is 12.6 Å². The average molecular weight is 316 g/mol. The first-order chi connectivity index (χ1) is 10.5. The Labute approximate surface area is 129 Å². The Balaban J connectivity index is 2.30. The van der Waals surface area contributed by atoms with Crippen LogP contribution in [0.2, 0.25) is 0 Å². The molecule has 0 aliphatic carbocycles. The second kappa shape index (κ2) is 9.94. The van der Waals surface area contributed by atoms with Gasteiger partial charge in [0.25, 0.3) is 0 Å². The van der Waals surface area contributed by atoms with Gasteiger partial charge in [0.05, 0.1) is 5.69 Å². The van der Waals surface area contributed by atoms with Crippen LogP contribution in [-0.4, -0.2) is 32.4 Å². The topological polar surface area (TPSA) is 59.6 Å². The Morgan fingerprint density at radius 3 is 2.68 bits per heavy atom. The molecule has 0 spiro atoms. The SMILES string of the molecule is CC(C)COCCCNC(=O)Nc1ccccc1OC(F)F. The molecule has 0 aromatic heterocycles. The molecule has 0 fully saturated rings. The first-order valence-electron chi connectivity index (χ1n) is 7.15. The van der Waals surface area contributed by atoms with Crippen molar-refractivity contribution in [3.05, 3.63) is 24.3 Å². The van der Waals surface area contributed by atoms with Crippen LogP contribution < -0.4 is 15.4 Å². The number of carbonyl (C=O) groups is 1.